The quantitative estimate of drug-likeness (QED) is 0.900. The summed E-state index contributed by atoms with van der Waals surface area (Å²) in [6, 6.07) is 6.22. The first-order valence-electron chi connectivity index (χ1n) is 6.50. The number of alkyl halides is 3. The molecule has 0 saturated heterocycles. The van der Waals surface area contributed by atoms with E-state index in [1.807, 2.05) is 7.05 Å². The van der Waals surface area contributed by atoms with Crippen LogP contribution in [0.25, 0.3) is 0 Å². The summed E-state index contributed by atoms with van der Waals surface area (Å²) < 4.78 is 40.2. The molecule has 1 fully saturated rings. The van der Waals surface area contributed by atoms with Crippen LogP contribution in [0.15, 0.2) is 24.3 Å². The van der Waals surface area contributed by atoms with E-state index in [1.54, 1.807) is 12.1 Å². The SMILES string of the molecule is CNC1(c2ccc(OC(F)(F)F)cc2)CCCCC1. The van der Waals surface area contributed by atoms with E-state index in [-0.39, 0.29) is 11.3 Å². The molecule has 1 saturated carbocycles. The van der Waals surface area contributed by atoms with Crippen LogP contribution >= 0.6 is 0 Å². The predicted molar refractivity (Wildman–Crippen MR) is 66.9 cm³/mol. The molecule has 0 aliphatic heterocycles. The monoisotopic (exact) mass is 273 g/mol. The Labute approximate surface area is 111 Å². The Morgan fingerprint density at radius 3 is 2.11 bits per heavy atom. The summed E-state index contributed by atoms with van der Waals surface area (Å²) in [5.41, 5.74) is 0.930. The minimum atomic E-state index is -4.63. The van der Waals surface area contributed by atoms with E-state index in [2.05, 4.69) is 10.1 Å². The van der Waals surface area contributed by atoms with Gasteiger partial charge >= 0.3 is 6.36 Å². The summed E-state index contributed by atoms with van der Waals surface area (Å²) in [4.78, 5) is 0. The average molecular weight is 273 g/mol. The molecule has 1 aliphatic carbocycles. The molecule has 1 N–H and O–H groups in total. The Morgan fingerprint density at radius 1 is 1.05 bits per heavy atom. The Bertz CT molecular complexity index is 408. The fourth-order valence-corrected chi connectivity index (χ4v) is 2.81. The van der Waals surface area contributed by atoms with Crippen molar-refractivity contribution in [2.45, 2.75) is 44.0 Å². The van der Waals surface area contributed by atoms with Crippen LogP contribution in [0, 0.1) is 0 Å². The molecule has 0 aromatic heterocycles. The van der Waals surface area contributed by atoms with Crippen molar-refractivity contribution in [3.8, 4) is 5.75 Å². The molecule has 106 valence electrons. The van der Waals surface area contributed by atoms with E-state index in [4.69, 9.17) is 0 Å². The van der Waals surface area contributed by atoms with E-state index in [9.17, 15) is 13.2 Å². The largest absolute Gasteiger partial charge is 0.573 e. The van der Waals surface area contributed by atoms with E-state index >= 15 is 0 Å². The second-order valence-corrected chi connectivity index (χ2v) is 4.96. The van der Waals surface area contributed by atoms with Gasteiger partial charge in [-0.2, -0.15) is 0 Å². The number of hydrogen-bond acceptors (Lipinski definition) is 2. The van der Waals surface area contributed by atoms with Gasteiger partial charge in [0, 0.05) is 5.54 Å². The molecule has 2 nitrogen and oxygen atoms in total. The third-order valence-electron chi connectivity index (χ3n) is 3.83. The van der Waals surface area contributed by atoms with E-state index in [0.29, 0.717) is 0 Å². The average Bonchev–Trinajstić information content (AvgIpc) is 2.38. The molecule has 0 heterocycles. The van der Waals surface area contributed by atoms with Gasteiger partial charge in [-0.05, 0) is 37.6 Å². The lowest BCUT2D eigenvalue weighted by atomic mass is 9.77. The minimum absolute atomic E-state index is 0.102. The Kier molecular flexibility index (Phi) is 4.04. The standard InChI is InChI=1S/C14H18F3NO/c1-18-13(9-3-2-4-10-13)11-5-7-12(8-6-11)19-14(15,16)17/h5-8,18H,2-4,9-10H2,1H3. The first-order chi connectivity index (χ1) is 8.95. The maximum atomic E-state index is 12.1. The summed E-state index contributed by atoms with van der Waals surface area (Å²) in [7, 11) is 1.91. The van der Waals surface area contributed by atoms with E-state index < -0.39 is 6.36 Å². The zero-order valence-corrected chi connectivity index (χ0v) is 10.9. The van der Waals surface area contributed by atoms with Gasteiger partial charge in [-0.1, -0.05) is 31.4 Å². The van der Waals surface area contributed by atoms with Crippen LogP contribution in [0.2, 0.25) is 0 Å². The smallest absolute Gasteiger partial charge is 0.406 e. The molecule has 2 rings (SSSR count). The van der Waals surface area contributed by atoms with Crippen LogP contribution in [-0.2, 0) is 5.54 Å². The number of nitrogens with one attached hydrogen (secondary N) is 1. The van der Waals surface area contributed by atoms with Gasteiger partial charge in [0.2, 0.25) is 0 Å². The maximum Gasteiger partial charge on any atom is 0.573 e. The van der Waals surface area contributed by atoms with Gasteiger partial charge in [-0.25, -0.2) is 0 Å². The number of ether oxygens (including phenoxy) is 1. The van der Waals surface area contributed by atoms with Crippen LogP contribution in [-0.4, -0.2) is 13.4 Å². The van der Waals surface area contributed by atoms with E-state index in [0.717, 1.165) is 31.2 Å². The summed E-state index contributed by atoms with van der Waals surface area (Å²) in [5, 5.41) is 3.34. The van der Waals surface area contributed by atoms with Crippen molar-refractivity contribution in [1.82, 2.24) is 5.32 Å². The second-order valence-electron chi connectivity index (χ2n) is 4.96. The molecular formula is C14H18F3NO. The van der Waals surface area contributed by atoms with Gasteiger partial charge in [0.15, 0.2) is 0 Å². The number of hydrogen-bond donors (Lipinski definition) is 1. The molecule has 0 amide bonds. The lowest BCUT2D eigenvalue weighted by Crippen LogP contribution is -2.41. The molecular weight excluding hydrogens is 255 g/mol. The Balaban J connectivity index is 2.16. The first kappa shape index (κ1) is 14.2. The van der Waals surface area contributed by atoms with Crippen LogP contribution in [0.1, 0.15) is 37.7 Å². The number of benzene rings is 1. The fourth-order valence-electron chi connectivity index (χ4n) is 2.81. The molecule has 19 heavy (non-hydrogen) atoms. The van der Waals surface area contributed by atoms with Gasteiger partial charge in [0.05, 0.1) is 0 Å². The minimum Gasteiger partial charge on any atom is -0.406 e. The topological polar surface area (TPSA) is 21.3 Å². The molecule has 0 bridgehead atoms. The molecule has 0 radical (unpaired) electrons. The zero-order valence-electron chi connectivity index (χ0n) is 10.9. The third-order valence-corrected chi connectivity index (χ3v) is 3.83. The van der Waals surface area contributed by atoms with Crippen LogP contribution in [0.4, 0.5) is 13.2 Å². The van der Waals surface area contributed by atoms with Crippen LogP contribution in [0.5, 0.6) is 5.75 Å². The van der Waals surface area contributed by atoms with Crippen molar-refractivity contribution in [2.24, 2.45) is 0 Å². The summed E-state index contributed by atoms with van der Waals surface area (Å²) in [6.45, 7) is 0. The fraction of sp³-hybridized carbons (Fsp3) is 0.571. The summed E-state index contributed by atoms with van der Waals surface area (Å²) in [5.74, 6) is -0.168. The normalized spacial score (nSPS) is 19.2. The highest BCUT2D eigenvalue weighted by Gasteiger charge is 2.33. The van der Waals surface area contributed by atoms with Gasteiger partial charge in [0.1, 0.15) is 5.75 Å². The molecule has 0 spiro atoms. The van der Waals surface area contributed by atoms with Gasteiger partial charge in [0.25, 0.3) is 0 Å². The predicted octanol–water partition coefficient (Wildman–Crippen LogP) is 3.96. The lowest BCUT2D eigenvalue weighted by Gasteiger charge is -2.37. The highest BCUT2D eigenvalue weighted by molar-refractivity contribution is 5.32. The summed E-state index contributed by atoms with van der Waals surface area (Å²) >= 11 is 0. The highest BCUT2D eigenvalue weighted by atomic mass is 19.4. The molecule has 5 heteroatoms. The van der Waals surface area contributed by atoms with Crippen molar-refractivity contribution < 1.29 is 17.9 Å². The van der Waals surface area contributed by atoms with Crippen LogP contribution in [0.3, 0.4) is 0 Å². The van der Waals surface area contributed by atoms with Gasteiger partial charge in [-0.3, -0.25) is 0 Å². The molecule has 0 unspecified atom stereocenters. The van der Waals surface area contributed by atoms with Crippen molar-refractivity contribution >= 4 is 0 Å². The lowest BCUT2D eigenvalue weighted by molar-refractivity contribution is -0.274. The van der Waals surface area contributed by atoms with E-state index in [1.165, 1.54) is 18.6 Å². The first-order valence-corrected chi connectivity index (χ1v) is 6.50. The molecule has 1 aromatic rings. The number of halogens is 3. The van der Waals surface area contributed by atoms with Crippen LogP contribution < -0.4 is 10.1 Å². The summed E-state index contributed by atoms with van der Waals surface area (Å²) in [6.07, 6.45) is 0.904. The van der Waals surface area contributed by atoms with Crippen molar-refractivity contribution in [3.05, 3.63) is 29.8 Å². The molecule has 1 aromatic carbocycles. The zero-order chi connectivity index (χ0) is 13.9. The Morgan fingerprint density at radius 2 is 1.63 bits per heavy atom. The number of rotatable bonds is 3. The van der Waals surface area contributed by atoms with Gasteiger partial charge < -0.3 is 10.1 Å². The van der Waals surface area contributed by atoms with Gasteiger partial charge in [-0.15, -0.1) is 13.2 Å². The van der Waals surface area contributed by atoms with Crippen molar-refractivity contribution in [1.29, 1.82) is 0 Å². The second kappa shape index (κ2) is 5.41. The molecule has 0 atom stereocenters. The Hall–Kier alpha value is -1.23. The maximum absolute atomic E-state index is 12.1. The molecule has 1 aliphatic rings. The third kappa shape index (κ3) is 3.41. The van der Waals surface area contributed by atoms with Crippen molar-refractivity contribution in [2.75, 3.05) is 7.05 Å². The van der Waals surface area contributed by atoms with Crippen molar-refractivity contribution in [3.63, 3.8) is 0 Å². The highest BCUT2D eigenvalue weighted by Crippen LogP contribution is 2.37.